The van der Waals surface area contributed by atoms with Gasteiger partial charge >= 0.3 is 0 Å². The largest absolute Gasteiger partial charge is 0.497 e. The van der Waals surface area contributed by atoms with E-state index < -0.39 is 5.60 Å². The number of ether oxygens (including phenoxy) is 1. The van der Waals surface area contributed by atoms with Crippen molar-refractivity contribution in [3.8, 4) is 5.75 Å². The van der Waals surface area contributed by atoms with Crippen LogP contribution in [-0.4, -0.2) is 35.9 Å². The van der Waals surface area contributed by atoms with Gasteiger partial charge in [-0.05, 0) is 36.8 Å². The monoisotopic (exact) mass is 401 g/mol. The molecule has 0 unspecified atom stereocenters. The fourth-order valence-electron chi connectivity index (χ4n) is 2.84. The van der Waals surface area contributed by atoms with Gasteiger partial charge in [-0.25, -0.2) is 4.98 Å². The van der Waals surface area contributed by atoms with E-state index in [1.807, 2.05) is 24.3 Å². The van der Waals surface area contributed by atoms with Crippen LogP contribution in [0.25, 0.3) is 0 Å². The Hall–Kier alpha value is -2.41. The summed E-state index contributed by atoms with van der Waals surface area (Å²) >= 11 is 1.63. The summed E-state index contributed by atoms with van der Waals surface area (Å²) in [6.45, 7) is 8.72. The average molecular weight is 402 g/mol. The highest BCUT2D eigenvalue weighted by atomic mass is 32.1. The fourth-order valence-corrected chi connectivity index (χ4v) is 3.86. The molecule has 0 aliphatic carbocycles. The van der Waals surface area contributed by atoms with Gasteiger partial charge in [-0.3, -0.25) is 4.79 Å². The molecule has 0 fully saturated rings. The molecule has 1 aromatic heterocycles. The van der Waals surface area contributed by atoms with Crippen LogP contribution in [0.5, 0.6) is 5.75 Å². The minimum atomic E-state index is -0.991. The summed E-state index contributed by atoms with van der Waals surface area (Å²) in [6, 6.07) is 7.57. The zero-order chi connectivity index (χ0) is 20.4. The normalized spacial score (nSPS) is 19.1. The van der Waals surface area contributed by atoms with Crippen LogP contribution in [0.2, 0.25) is 0 Å². The molecule has 1 aliphatic heterocycles. The van der Waals surface area contributed by atoms with Gasteiger partial charge in [-0.1, -0.05) is 25.9 Å². The Morgan fingerprint density at radius 2 is 2.04 bits per heavy atom. The first-order chi connectivity index (χ1) is 13.2. The number of carbonyl (C=O) groups excluding carboxylic acids is 1. The number of nitrogens with zero attached hydrogens (tertiary/aromatic N) is 2. The summed E-state index contributed by atoms with van der Waals surface area (Å²) in [6.07, 6.45) is 1.13. The van der Waals surface area contributed by atoms with Crippen molar-refractivity contribution in [2.45, 2.75) is 51.6 Å². The Labute approximate surface area is 170 Å². The van der Waals surface area contributed by atoms with Gasteiger partial charge in [0, 0.05) is 30.2 Å². The Morgan fingerprint density at radius 3 is 2.64 bits per heavy atom. The first-order valence-electron chi connectivity index (χ1n) is 9.34. The van der Waals surface area contributed by atoms with Crippen molar-refractivity contribution in [2.75, 3.05) is 13.7 Å². The van der Waals surface area contributed by atoms with E-state index in [9.17, 15) is 4.79 Å². The van der Waals surface area contributed by atoms with Crippen molar-refractivity contribution in [3.05, 3.63) is 45.9 Å². The number of hydrogen-bond acceptors (Lipinski definition) is 6. The van der Waals surface area contributed by atoms with Crippen LogP contribution >= 0.6 is 11.3 Å². The van der Waals surface area contributed by atoms with Crippen LogP contribution in [0.4, 0.5) is 0 Å². The highest BCUT2D eigenvalue weighted by Gasteiger charge is 2.42. The zero-order valence-corrected chi connectivity index (χ0v) is 17.9. The van der Waals surface area contributed by atoms with E-state index in [1.165, 1.54) is 0 Å². The van der Waals surface area contributed by atoms with E-state index in [1.54, 1.807) is 25.4 Å². The maximum absolute atomic E-state index is 12.7. The summed E-state index contributed by atoms with van der Waals surface area (Å²) in [5.41, 5.74) is 1.82. The van der Waals surface area contributed by atoms with Gasteiger partial charge in [-0.2, -0.15) is 0 Å². The molecule has 1 atom stereocenters. The molecule has 1 aromatic carbocycles. The highest BCUT2D eigenvalue weighted by molar-refractivity contribution is 7.09. The smallest absolute Gasteiger partial charge is 0.267 e. The molecule has 28 heavy (non-hydrogen) atoms. The van der Waals surface area contributed by atoms with Crippen LogP contribution in [0.15, 0.2) is 34.8 Å². The molecule has 0 saturated carbocycles. The molecular formula is C21H27N3O3S. The van der Waals surface area contributed by atoms with Crippen LogP contribution in [0.1, 0.15) is 50.4 Å². The van der Waals surface area contributed by atoms with Gasteiger partial charge in [0.15, 0.2) is 0 Å². The molecule has 0 bridgehead atoms. The van der Waals surface area contributed by atoms with E-state index in [0.29, 0.717) is 19.4 Å². The van der Waals surface area contributed by atoms with Gasteiger partial charge in [0.1, 0.15) is 5.75 Å². The van der Waals surface area contributed by atoms with Crippen LogP contribution in [-0.2, 0) is 21.5 Å². The van der Waals surface area contributed by atoms with Crippen LogP contribution in [0.3, 0.4) is 0 Å². The van der Waals surface area contributed by atoms with Gasteiger partial charge in [0.2, 0.25) is 5.60 Å². The molecule has 150 valence electrons. The molecule has 2 aromatic rings. The number of methoxy groups -OCH3 is 1. The minimum Gasteiger partial charge on any atom is -0.497 e. The van der Waals surface area contributed by atoms with Crippen molar-refractivity contribution in [3.63, 3.8) is 0 Å². The summed E-state index contributed by atoms with van der Waals surface area (Å²) in [7, 11) is 1.63. The molecule has 0 saturated heterocycles. The topological polar surface area (TPSA) is 72.8 Å². The molecule has 3 rings (SSSR count). The van der Waals surface area contributed by atoms with E-state index in [-0.39, 0.29) is 11.3 Å². The summed E-state index contributed by atoms with van der Waals surface area (Å²) in [5, 5.41) is 10.2. The van der Waals surface area contributed by atoms with Gasteiger partial charge in [-0.15, -0.1) is 11.3 Å². The first kappa shape index (κ1) is 20.3. The van der Waals surface area contributed by atoms with Gasteiger partial charge in [0.25, 0.3) is 5.91 Å². The highest BCUT2D eigenvalue weighted by Crippen LogP contribution is 2.28. The number of thiazole rings is 1. The minimum absolute atomic E-state index is 0.0400. The molecule has 1 amide bonds. The number of aromatic nitrogens is 1. The molecule has 2 heterocycles. The fraction of sp³-hybridized carbons (Fsp3) is 0.476. The number of hydrogen-bond donors (Lipinski definition) is 1. The van der Waals surface area contributed by atoms with E-state index in [4.69, 9.17) is 9.57 Å². The average Bonchev–Trinajstić information content (AvgIpc) is 3.29. The molecule has 1 aliphatic rings. The number of oxime groups is 1. The maximum Gasteiger partial charge on any atom is 0.267 e. The molecule has 6 nitrogen and oxygen atoms in total. The summed E-state index contributed by atoms with van der Waals surface area (Å²) in [4.78, 5) is 22.8. The third-order valence-corrected chi connectivity index (χ3v) is 5.62. The first-order valence-corrected chi connectivity index (χ1v) is 10.2. The second-order valence-electron chi connectivity index (χ2n) is 8.15. The SMILES string of the molecule is COc1ccc(C2=NO[C@](C)(C(=O)NCCc3nc(C(C)(C)C)cs3)C2)cc1. The predicted molar refractivity (Wildman–Crippen MR) is 111 cm³/mol. The van der Waals surface area contributed by atoms with E-state index in [0.717, 1.165) is 27.7 Å². The second-order valence-corrected chi connectivity index (χ2v) is 9.09. The predicted octanol–water partition coefficient (Wildman–Crippen LogP) is 3.69. The summed E-state index contributed by atoms with van der Waals surface area (Å²) in [5.74, 6) is 0.618. The van der Waals surface area contributed by atoms with E-state index >= 15 is 0 Å². The lowest BCUT2D eigenvalue weighted by Crippen LogP contribution is -2.45. The van der Waals surface area contributed by atoms with Crippen molar-refractivity contribution >= 4 is 23.0 Å². The Bertz CT molecular complexity index is 868. The molecule has 0 radical (unpaired) electrons. The molecule has 1 N–H and O–H groups in total. The van der Waals surface area contributed by atoms with Crippen molar-refractivity contribution in [1.29, 1.82) is 0 Å². The third-order valence-electron chi connectivity index (χ3n) is 4.71. The lowest BCUT2D eigenvalue weighted by molar-refractivity contribution is -0.141. The van der Waals surface area contributed by atoms with Crippen molar-refractivity contribution < 1.29 is 14.4 Å². The van der Waals surface area contributed by atoms with Crippen molar-refractivity contribution in [1.82, 2.24) is 10.3 Å². The zero-order valence-electron chi connectivity index (χ0n) is 17.0. The van der Waals surface area contributed by atoms with Crippen LogP contribution < -0.4 is 10.1 Å². The summed E-state index contributed by atoms with van der Waals surface area (Å²) < 4.78 is 5.17. The van der Waals surface area contributed by atoms with Crippen molar-refractivity contribution in [2.24, 2.45) is 5.16 Å². The second kappa shape index (κ2) is 7.91. The molecule has 0 spiro atoms. The molecule has 7 heteroatoms. The number of rotatable bonds is 6. The van der Waals surface area contributed by atoms with Gasteiger partial charge in [0.05, 0.1) is 23.5 Å². The lowest BCUT2D eigenvalue weighted by Gasteiger charge is -2.20. The molecular weight excluding hydrogens is 374 g/mol. The Balaban J connectivity index is 1.52. The van der Waals surface area contributed by atoms with E-state index in [2.05, 4.69) is 41.6 Å². The van der Waals surface area contributed by atoms with Crippen LogP contribution in [0, 0.1) is 0 Å². The number of carbonyl (C=O) groups is 1. The van der Waals surface area contributed by atoms with Gasteiger partial charge < -0.3 is 14.9 Å². The number of amides is 1. The quantitative estimate of drug-likeness (QED) is 0.801. The maximum atomic E-state index is 12.7. The Morgan fingerprint density at radius 1 is 1.32 bits per heavy atom. The number of benzene rings is 1. The third kappa shape index (κ3) is 4.52. The standard InChI is InChI=1S/C21H27N3O3S/c1-20(2,3)17-13-28-18(23-17)10-11-22-19(25)21(4)12-16(24-27-21)14-6-8-15(26-5)9-7-14/h6-9,13H,10-12H2,1-5H3,(H,22,25)/t21-/m0/s1. The Kier molecular flexibility index (Phi) is 5.74. The number of nitrogens with one attached hydrogen (secondary N) is 1. The lowest BCUT2D eigenvalue weighted by atomic mass is 9.93.